The van der Waals surface area contributed by atoms with Gasteiger partial charge in [0.1, 0.15) is 6.29 Å². The highest BCUT2D eigenvalue weighted by Crippen LogP contribution is 2.29. The van der Waals surface area contributed by atoms with Crippen LogP contribution in [0, 0.1) is 29.4 Å². The summed E-state index contributed by atoms with van der Waals surface area (Å²) in [5.41, 5.74) is 0.0609. The van der Waals surface area contributed by atoms with E-state index in [1.54, 1.807) is 0 Å². The van der Waals surface area contributed by atoms with Crippen molar-refractivity contribution in [2.75, 3.05) is 18.4 Å². The quantitative estimate of drug-likeness (QED) is 0.576. The molecule has 8 nitrogen and oxygen atoms in total. The number of fused-ring (bicyclic) bond motifs is 1. The van der Waals surface area contributed by atoms with Crippen molar-refractivity contribution in [3.8, 4) is 0 Å². The number of nitrogens with one attached hydrogen (secondary N) is 4. The maximum absolute atomic E-state index is 13.4. The van der Waals surface area contributed by atoms with Gasteiger partial charge in [0, 0.05) is 31.3 Å². The van der Waals surface area contributed by atoms with Gasteiger partial charge in [-0.05, 0) is 30.9 Å². The first kappa shape index (κ1) is 20.7. The van der Waals surface area contributed by atoms with Gasteiger partial charge in [-0.25, -0.2) is 8.78 Å². The number of halogens is 2. The number of hydrogen-bond acceptors (Lipinski definition) is 5. The van der Waals surface area contributed by atoms with Crippen molar-refractivity contribution >= 4 is 23.4 Å². The minimum Gasteiger partial charge on any atom is -0.340 e. The lowest BCUT2D eigenvalue weighted by Gasteiger charge is -2.47. The molecule has 3 amide bonds. The number of carbonyl (C=O) groups is 3. The predicted molar refractivity (Wildman–Crippen MR) is 104 cm³/mol. The molecule has 0 spiro atoms. The van der Waals surface area contributed by atoms with Crippen molar-refractivity contribution in [2.45, 2.75) is 38.6 Å². The maximum atomic E-state index is 13.4. The molecular formula is C20H25F2N5O3. The van der Waals surface area contributed by atoms with E-state index in [2.05, 4.69) is 33.1 Å². The van der Waals surface area contributed by atoms with Crippen LogP contribution >= 0.6 is 0 Å². The molecule has 4 N–H and O–H groups in total. The molecule has 1 aromatic carbocycles. The van der Waals surface area contributed by atoms with Crippen LogP contribution in [0.2, 0.25) is 0 Å². The van der Waals surface area contributed by atoms with Crippen LogP contribution in [0.4, 0.5) is 14.5 Å². The molecule has 3 aliphatic heterocycles. The molecule has 3 heterocycles. The highest BCUT2D eigenvalue weighted by Gasteiger charge is 2.49. The van der Waals surface area contributed by atoms with Gasteiger partial charge in [-0.15, -0.1) is 0 Å². The van der Waals surface area contributed by atoms with Gasteiger partial charge in [0.05, 0.1) is 18.0 Å². The molecule has 3 aliphatic rings. The third-order valence-corrected chi connectivity index (χ3v) is 6.01. The zero-order valence-electron chi connectivity index (χ0n) is 16.6. The third-order valence-electron chi connectivity index (χ3n) is 6.01. The number of piperidine rings is 2. The van der Waals surface area contributed by atoms with Crippen molar-refractivity contribution < 1.29 is 23.2 Å². The summed E-state index contributed by atoms with van der Waals surface area (Å²) >= 11 is 0. The average molecular weight is 421 g/mol. The molecular weight excluding hydrogens is 396 g/mol. The van der Waals surface area contributed by atoms with Gasteiger partial charge in [-0.3, -0.25) is 24.6 Å². The second-order valence-electron chi connectivity index (χ2n) is 8.32. The predicted octanol–water partition coefficient (Wildman–Crippen LogP) is 0.717. The molecule has 5 atom stereocenters. The second-order valence-corrected chi connectivity index (χ2v) is 8.32. The van der Waals surface area contributed by atoms with E-state index in [0.29, 0.717) is 5.92 Å². The smallest absolute Gasteiger partial charge is 0.229 e. The summed E-state index contributed by atoms with van der Waals surface area (Å²) in [6.45, 7) is 3.80. The fourth-order valence-electron chi connectivity index (χ4n) is 4.52. The van der Waals surface area contributed by atoms with Gasteiger partial charge in [0.15, 0.2) is 11.6 Å². The summed E-state index contributed by atoms with van der Waals surface area (Å²) in [6.07, 6.45) is 0.871. The number of carbonyl (C=O) groups excluding carboxylic acids is 3. The van der Waals surface area contributed by atoms with Crippen LogP contribution < -0.4 is 21.3 Å². The van der Waals surface area contributed by atoms with Gasteiger partial charge in [0.25, 0.3) is 0 Å². The van der Waals surface area contributed by atoms with E-state index in [0.717, 1.165) is 38.1 Å². The van der Waals surface area contributed by atoms with Crippen LogP contribution in [-0.4, -0.2) is 48.2 Å². The number of nitrogens with zero attached hydrogens (tertiary/aromatic N) is 1. The van der Waals surface area contributed by atoms with Crippen molar-refractivity contribution in [3.05, 3.63) is 29.8 Å². The molecule has 0 bridgehead atoms. The Morgan fingerprint density at radius 1 is 1.20 bits per heavy atom. The van der Waals surface area contributed by atoms with E-state index >= 15 is 0 Å². The normalized spacial score (nSPS) is 32.0. The van der Waals surface area contributed by atoms with Crippen LogP contribution in [0.5, 0.6) is 0 Å². The summed E-state index contributed by atoms with van der Waals surface area (Å²) in [5.74, 6) is -4.64. The lowest BCUT2D eigenvalue weighted by Crippen LogP contribution is -2.74. The van der Waals surface area contributed by atoms with E-state index in [4.69, 9.17) is 0 Å². The highest BCUT2D eigenvalue weighted by atomic mass is 19.2. The molecule has 10 heteroatoms. The first-order valence-corrected chi connectivity index (χ1v) is 10.2. The van der Waals surface area contributed by atoms with Crippen LogP contribution in [-0.2, 0) is 14.4 Å². The zero-order valence-corrected chi connectivity index (χ0v) is 16.6. The van der Waals surface area contributed by atoms with Crippen LogP contribution in [0.15, 0.2) is 18.2 Å². The summed E-state index contributed by atoms with van der Waals surface area (Å²) in [6, 6.07) is 2.99. The second kappa shape index (κ2) is 8.27. The van der Waals surface area contributed by atoms with Crippen molar-refractivity contribution in [3.63, 3.8) is 0 Å². The Labute approximate surface area is 172 Å². The Bertz CT molecular complexity index is 867. The number of hydrogen-bond donors (Lipinski definition) is 4. The summed E-state index contributed by atoms with van der Waals surface area (Å²) < 4.78 is 26.6. The minimum atomic E-state index is -1.09. The maximum Gasteiger partial charge on any atom is 0.229 e. The Balaban J connectivity index is 1.49. The first-order chi connectivity index (χ1) is 14.3. The Hall–Kier alpha value is -2.59. The molecule has 0 radical (unpaired) electrons. The molecule has 30 heavy (non-hydrogen) atoms. The van der Waals surface area contributed by atoms with E-state index in [-0.39, 0.29) is 23.9 Å². The van der Waals surface area contributed by atoms with Gasteiger partial charge in [0.2, 0.25) is 17.7 Å². The standard InChI is InChI=1S/C20H25F2N5O3/c1-10-3-2-6-27(9-10)20-25-17-16(19(30)26-20)12(8-15(28)24-17)18(29)23-11-4-5-13(21)14(22)7-11/h4-5,7,10,12,16-17,20,25H,2-3,6,8-9H2,1H3,(H,23,29)(H,24,28)(H,26,30). The van der Waals surface area contributed by atoms with Crippen LogP contribution in [0.3, 0.4) is 0 Å². The minimum absolute atomic E-state index is 0.0609. The number of amides is 3. The fourth-order valence-corrected chi connectivity index (χ4v) is 4.52. The molecule has 0 aliphatic carbocycles. The molecule has 5 unspecified atom stereocenters. The lowest BCUT2D eigenvalue weighted by molar-refractivity contribution is -0.148. The van der Waals surface area contributed by atoms with Crippen LogP contribution in [0.25, 0.3) is 0 Å². The van der Waals surface area contributed by atoms with Gasteiger partial charge >= 0.3 is 0 Å². The fraction of sp³-hybridized carbons (Fsp3) is 0.550. The Morgan fingerprint density at radius 3 is 2.73 bits per heavy atom. The summed E-state index contributed by atoms with van der Waals surface area (Å²) in [7, 11) is 0. The van der Waals surface area contributed by atoms with E-state index < -0.39 is 41.8 Å². The first-order valence-electron chi connectivity index (χ1n) is 10.2. The largest absolute Gasteiger partial charge is 0.340 e. The third kappa shape index (κ3) is 4.15. The van der Waals surface area contributed by atoms with Crippen molar-refractivity contribution in [1.29, 1.82) is 0 Å². The number of benzene rings is 1. The van der Waals surface area contributed by atoms with Gasteiger partial charge in [-0.1, -0.05) is 6.92 Å². The SMILES string of the molecule is CC1CCCN(C2NC(=O)C3C(NC(=O)CC3C(=O)Nc3ccc(F)c(F)c3)N2)C1. The molecule has 0 aromatic heterocycles. The summed E-state index contributed by atoms with van der Waals surface area (Å²) in [5, 5.41) is 11.4. The van der Waals surface area contributed by atoms with Crippen LogP contribution in [0.1, 0.15) is 26.2 Å². The number of rotatable bonds is 3. The lowest BCUT2D eigenvalue weighted by atomic mass is 9.81. The molecule has 0 saturated carbocycles. The zero-order chi connectivity index (χ0) is 21.4. The van der Waals surface area contributed by atoms with E-state index in [1.807, 2.05) is 0 Å². The average Bonchev–Trinajstić information content (AvgIpc) is 2.69. The summed E-state index contributed by atoms with van der Waals surface area (Å²) in [4.78, 5) is 40.1. The number of likely N-dealkylation sites (tertiary alicyclic amines) is 1. The molecule has 3 fully saturated rings. The topological polar surface area (TPSA) is 103 Å². The van der Waals surface area contributed by atoms with E-state index in [9.17, 15) is 23.2 Å². The van der Waals surface area contributed by atoms with Gasteiger partial charge < -0.3 is 16.0 Å². The molecule has 4 rings (SSSR count). The van der Waals surface area contributed by atoms with Crippen molar-refractivity contribution in [2.24, 2.45) is 17.8 Å². The number of anilines is 1. The Kier molecular flexibility index (Phi) is 5.70. The highest BCUT2D eigenvalue weighted by molar-refractivity contribution is 6.00. The van der Waals surface area contributed by atoms with Gasteiger partial charge in [-0.2, -0.15) is 0 Å². The van der Waals surface area contributed by atoms with E-state index in [1.165, 1.54) is 6.07 Å². The molecule has 1 aromatic rings. The molecule has 162 valence electrons. The van der Waals surface area contributed by atoms with Crippen molar-refractivity contribution in [1.82, 2.24) is 20.9 Å². The monoisotopic (exact) mass is 421 g/mol. The Morgan fingerprint density at radius 2 is 2.00 bits per heavy atom. The molecule has 3 saturated heterocycles.